The lowest BCUT2D eigenvalue weighted by Crippen LogP contribution is -2.48. The Morgan fingerprint density at radius 1 is 0.833 bits per heavy atom. The van der Waals surface area contributed by atoms with E-state index in [2.05, 4.69) is 50.7 Å². The number of hydrogen-bond acceptors (Lipinski definition) is 3. The molecule has 5 heteroatoms. The Labute approximate surface area is 221 Å². The lowest BCUT2D eigenvalue weighted by Gasteiger charge is -2.57. The van der Waals surface area contributed by atoms with Crippen LogP contribution >= 0.6 is 15.9 Å². The van der Waals surface area contributed by atoms with Crippen molar-refractivity contribution in [3.8, 4) is 5.75 Å². The minimum atomic E-state index is -0.245. The Kier molecular flexibility index (Phi) is 6.43. The van der Waals surface area contributed by atoms with Crippen molar-refractivity contribution < 1.29 is 9.53 Å². The van der Waals surface area contributed by atoms with E-state index < -0.39 is 0 Å². The molecule has 3 aromatic carbocycles. The number of carbonyl (C=O) groups is 1. The van der Waals surface area contributed by atoms with Gasteiger partial charge in [-0.15, -0.1) is 0 Å². The van der Waals surface area contributed by atoms with E-state index in [1.54, 1.807) is 12.1 Å². The summed E-state index contributed by atoms with van der Waals surface area (Å²) in [6.07, 6.45) is 8.46. The highest BCUT2D eigenvalue weighted by atomic mass is 79.9. The molecular formula is C31H31BrN2O2. The average Bonchev–Trinajstić information content (AvgIpc) is 2.89. The number of benzene rings is 3. The molecule has 36 heavy (non-hydrogen) atoms. The molecule has 4 aliphatic carbocycles. The summed E-state index contributed by atoms with van der Waals surface area (Å²) < 4.78 is 7.16. The van der Waals surface area contributed by atoms with Gasteiger partial charge in [0.1, 0.15) is 18.1 Å². The Morgan fingerprint density at radius 3 is 2.06 bits per heavy atom. The molecule has 184 valence electrons. The van der Waals surface area contributed by atoms with Crippen LogP contribution in [-0.4, -0.2) is 18.2 Å². The second-order valence-corrected chi connectivity index (χ2v) is 11.8. The van der Waals surface area contributed by atoms with Crippen LogP contribution in [0.5, 0.6) is 5.75 Å². The molecule has 4 bridgehead atoms. The molecule has 0 atom stereocenters. The number of hydrogen-bond donors (Lipinski definition) is 1. The summed E-state index contributed by atoms with van der Waals surface area (Å²) in [5, 5.41) is 4.44. The molecule has 4 saturated carbocycles. The van der Waals surface area contributed by atoms with Crippen LogP contribution in [0, 0.1) is 17.8 Å². The molecule has 4 aliphatic rings. The fraction of sp³-hybridized carbons (Fsp3) is 0.355. The van der Waals surface area contributed by atoms with Gasteiger partial charge in [-0.25, -0.2) is 5.43 Å². The zero-order valence-electron chi connectivity index (χ0n) is 20.3. The normalized spacial score (nSPS) is 26.6. The van der Waals surface area contributed by atoms with Crippen molar-refractivity contribution in [3.05, 3.63) is 100 Å². The first kappa shape index (κ1) is 23.5. The van der Waals surface area contributed by atoms with Crippen molar-refractivity contribution in [3.63, 3.8) is 0 Å². The predicted octanol–water partition coefficient (Wildman–Crippen LogP) is 7.13. The van der Waals surface area contributed by atoms with Gasteiger partial charge >= 0.3 is 0 Å². The SMILES string of the molecule is O=C(N/N=C(/COc1ccc(C23CC4CC(CC(C4)C2)C3)cc1)c1ccc(Br)cc1)c1ccccc1. The largest absolute Gasteiger partial charge is 0.487 e. The van der Waals surface area contributed by atoms with Gasteiger partial charge < -0.3 is 4.74 Å². The van der Waals surface area contributed by atoms with E-state index in [0.29, 0.717) is 16.7 Å². The number of hydrazone groups is 1. The Balaban J connectivity index is 1.16. The number of amides is 1. The van der Waals surface area contributed by atoms with Crippen LogP contribution in [0.25, 0.3) is 0 Å². The fourth-order valence-corrected chi connectivity index (χ4v) is 7.38. The minimum Gasteiger partial charge on any atom is -0.487 e. The van der Waals surface area contributed by atoms with E-state index in [1.807, 2.05) is 42.5 Å². The number of ether oxygens (including phenoxy) is 1. The molecule has 0 aliphatic heterocycles. The summed E-state index contributed by atoms with van der Waals surface area (Å²) in [7, 11) is 0. The maximum absolute atomic E-state index is 12.5. The van der Waals surface area contributed by atoms with Crippen LogP contribution in [0.4, 0.5) is 0 Å². The van der Waals surface area contributed by atoms with Crippen LogP contribution in [-0.2, 0) is 5.41 Å². The maximum Gasteiger partial charge on any atom is 0.271 e. The van der Waals surface area contributed by atoms with Gasteiger partial charge in [0.05, 0.1) is 0 Å². The molecule has 1 N–H and O–H groups in total. The van der Waals surface area contributed by atoms with Gasteiger partial charge in [0.25, 0.3) is 5.91 Å². The van der Waals surface area contributed by atoms with Gasteiger partial charge in [-0.1, -0.05) is 58.4 Å². The Bertz CT molecular complexity index is 1220. The quantitative estimate of drug-likeness (QED) is 0.255. The number of nitrogens with zero attached hydrogens (tertiary/aromatic N) is 1. The highest BCUT2D eigenvalue weighted by Gasteiger charge is 2.51. The first-order chi connectivity index (χ1) is 17.6. The summed E-state index contributed by atoms with van der Waals surface area (Å²) in [6.45, 7) is 0.257. The minimum absolute atomic E-state index is 0.245. The number of carbonyl (C=O) groups excluding carboxylic acids is 1. The molecule has 4 nitrogen and oxygen atoms in total. The topological polar surface area (TPSA) is 50.7 Å². The Morgan fingerprint density at radius 2 is 1.44 bits per heavy atom. The summed E-state index contributed by atoms with van der Waals surface area (Å²) in [4.78, 5) is 12.5. The van der Waals surface area contributed by atoms with E-state index in [0.717, 1.165) is 33.5 Å². The van der Waals surface area contributed by atoms with E-state index in [4.69, 9.17) is 4.74 Å². The Hall–Kier alpha value is -2.92. The molecule has 0 heterocycles. The van der Waals surface area contributed by atoms with Crippen LogP contribution in [0.1, 0.15) is 60.0 Å². The third-order valence-corrected chi connectivity index (χ3v) is 8.91. The number of nitrogens with one attached hydrogen (secondary N) is 1. The first-order valence-corrected chi connectivity index (χ1v) is 13.8. The maximum atomic E-state index is 12.5. The smallest absolute Gasteiger partial charge is 0.271 e. The van der Waals surface area contributed by atoms with Crippen molar-refractivity contribution in [1.29, 1.82) is 0 Å². The van der Waals surface area contributed by atoms with Crippen molar-refractivity contribution in [2.24, 2.45) is 22.9 Å². The molecule has 7 rings (SSSR count). The lowest BCUT2D eigenvalue weighted by molar-refractivity contribution is -0.00520. The van der Waals surface area contributed by atoms with Crippen LogP contribution in [0.2, 0.25) is 0 Å². The van der Waals surface area contributed by atoms with Crippen molar-refractivity contribution in [1.82, 2.24) is 5.43 Å². The van der Waals surface area contributed by atoms with Gasteiger partial charge in [0, 0.05) is 15.6 Å². The molecule has 1 amide bonds. The molecule has 3 aromatic rings. The fourth-order valence-electron chi connectivity index (χ4n) is 7.12. The van der Waals surface area contributed by atoms with Crippen molar-refractivity contribution in [2.75, 3.05) is 6.61 Å². The monoisotopic (exact) mass is 542 g/mol. The zero-order chi connectivity index (χ0) is 24.5. The second kappa shape index (κ2) is 9.85. The van der Waals surface area contributed by atoms with Gasteiger partial charge in [-0.05, 0) is 104 Å². The molecule has 0 unspecified atom stereocenters. The molecule has 0 saturated heterocycles. The molecule has 0 spiro atoms. The third kappa shape index (κ3) is 4.86. The number of rotatable bonds is 7. The van der Waals surface area contributed by atoms with Crippen LogP contribution < -0.4 is 10.2 Å². The second-order valence-electron chi connectivity index (χ2n) is 10.9. The van der Waals surface area contributed by atoms with Crippen LogP contribution in [0.15, 0.2) is 88.4 Å². The summed E-state index contributed by atoms with van der Waals surface area (Å²) >= 11 is 3.49. The van der Waals surface area contributed by atoms with Crippen molar-refractivity contribution in [2.45, 2.75) is 43.9 Å². The molecule has 0 aromatic heterocycles. The van der Waals surface area contributed by atoms with E-state index in [-0.39, 0.29) is 12.5 Å². The van der Waals surface area contributed by atoms with Gasteiger partial charge in [-0.2, -0.15) is 5.10 Å². The predicted molar refractivity (Wildman–Crippen MR) is 146 cm³/mol. The first-order valence-electron chi connectivity index (χ1n) is 13.0. The molecule has 0 radical (unpaired) electrons. The van der Waals surface area contributed by atoms with Gasteiger partial charge in [-0.3, -0.25) is 4.79 Å². The standard InChI is InChI=1S/C31H31BrN2O2/c32-27-10-6-24(7-11-27)29(33-34-30(35)25-4-2-1-3-5-25)20-36-28-12-8-26(9-13-28)31-17-21-14-22(18-31)16-23(15-21)19-31/h1-13,21-23H,14-20H2,(H,34,35)/b33-29-. The van der Waals surface area contributed by atoms with Gasteiger partial charge in [0.15, 0.2) is 0 Å². The van der Waals surface area contributed by atoms with E-state index >= 15 is 0 Å². The molecular weight excluding hydrogens is 512 g/mol. The van der Waals surface area contributed by atoms with E-state index in [9.17, 15) is 4.79 Å². The highest BCUT2D eigenvalue weighted by molar-refractivity contribution is 9.10. The summed E-state index contributed by atoms with van der Waals surface area (Å²) in [6, 6.07) is 25.8. The number of halogens is 1. The molecule has 4 fully saturated rings. The van der Waals surface area contributed by atoms with Crippen molar-refractivity contribution >= 4 is 27.5 Å². The summed E-state index contributed by atoms with van der Waals surface area (Å²) in [5.41, 5.74) is 6.70. The zero-order valence-corrected chi connectivity index (χ0v) is 21.9. The summed E-state index contributed by atoms with van der Waals surface area (Å²) in [5.74, 6) is 3.38. The average molecular weight is 544 g/mol. The van der Waals surface area contributed by atoms with Crippen LogP contribution in [0.3, 0.4) is 0 Å². The van der Waals surface area contributed by atoms with E-state index in [1.165, 1.54) is 44.1 Å². The third-order valence-electron chi connectivity index (χ3n) is 8.39. The highest BCUT2D eigenvalue weighted by Crippen LogP contribution is 2.60. The van der Waals surface area contributed by atoms with Gasteiger partial charge in [0.2, 0.25) is 0 Å². The lowest BCUT2D eigenvalue weighted by atomic mass is 9.48.